The Kier molecular flexibility index (Phi) is 3.66. The molecule has 5 heteroatoms. The van der Waals surface area contributed by atoms with Gasteiger partial charge in [-0.1, -0.05) is 23.7 Å². The van der Waals surface area contributed by atoms with Gasteiger partial charge in [-0.25, -0.2) is 0 Å². The molecule has 0 amide bonds. The zero-order valence-electron chi connectivity index (χ0n) is 9.38. The van der Waals surface area contributed by atoms with Gasteiger partial charge in [0.1, 0.15) is 5.75 Å². The highest BCUT2D eigenvalue weighted by molar-refractivity contribution is 6.32. The summed E-state index contributed by atoms with van der Waals surface area (Å²) in [4.78, 5) is 0. The third kappa shape index (κ3) is 3.22. The van der Waals surface area contributed by atoms with Crippen LogP contribution in [0.2, 0.25) is 5.02 Å². The predicted molar refractivity (Wildman–Crippen MR) is 65.4 cm³/mol. The van der Waals surface area contributed by atoms with Gasteiger partial charge in [0.15, 0.2) is 5.75 Å². The Morgan fingerprint density at radius 3 is 2.94 bits per heavy atom. The number of hydrogen-bond donors (Lipinski definition) is 1. The maximum atomic E-state index is 9.23. The molecule has 0 bridgehead atoms. The minimum Gasteiger partial charge on any atom is -0.452 e. The maximum absolute atomic E-state index is 9.23. The number of rotatable bonds is 4. The third-order valence-electron chi connectivity index (χ3n) is 2.13. The van der Waals surface area contributed by atoms with E-state index in [4.69, 9.17) is 16.3 Å². The van der Waals surface area contributed by atoms with E-state index in [0.29, 0.717) is 23.1 Å². The van der Waals surface area contributed by atoms with Gasteiger partial charge >= 0.3 is 0 Å². The summed E-state index contributed by atoms with van der Waals surface area (Å²) in [5, 5.41) is 13.8. The van der Waals surface area contributed by atoms with Gasteiger partial charge in [-0.05, 0) is 19.1 Å². The van der Waals surface area contributed by atoms with Crippen LogP contribution >= 0.6 is 11.6 Å². The van der Waals surface area contributed by atoms with Crippen LogP contribution in [0.4, 0.5) is 0 Å². The van der Waals surface area contributed by atoms with E-state index in [2.05, 4.69) is 5.10 Å². The first-order chi connectivity index (χ1) is 8.15. The standard InChI is InChI=1S/C12H13ClN2O2/c1-9(16)7-15-8-10(6-14-15)17-12-5-3-2-4-11(12)13/h2-6,8-9,16H,7H2,1H3. The van der Waals surface area contributed by atoms with Crippen molar-refractivity contribution in [3.8, 4) is 11.5 Å². The summed E-state index contributed by atoms with van der Waals surface area (Å²) in [7, 11) is 0. The van der Waals surface area contributed by atoms with Gasteiger partial charge in [0, 0.05) is 0 Å². The first kappa shape index (κ1) is 12.0. The summed E-state index contributed by atoms with van der Waals surface area (Å²) >= 11 is 5.97. The van der Waals surface area contributed by atoms with Gasteiger partial charge in [0.25, 0.3) is 0 Å². The van der Waals surface area contributed by atoms with E-state index in [1.165, 1.54) is 0 Å². The van der Waals surface area contributed by atoms with E-state index in [9.17, 15) is 5.11 Å². The predicted octanol–water partition coefficient (Wildman–Crippen LogP) is 2.71. The summed E-state index contributed by atoms with van der Waals surface area (Å²) in [6, 6.07) is 7.24. The lowest BCUT2D eigenvalue weighted by Crippen LogP contribution is -2.11. The average molecular weight is 253 g/mol. The topological polar surface area (TPSA) is 47.3 Å². The van der Waals surface area contributed by atoms with Crippen molar-refractivity contribution >= 4 is 11.6 Å². The molecule has 1 aromatic carbocycles. The molecule has 0 aliphatic rings. The Hall–Kier alpha value is -1.52. The summed E-state index contributed by atoms with van der Waals surface area (Å²) in [5.74, 6) is 1.18. The van der Waals surface area contributed by atoms with Crippen LogP contribution in [0.25, 0.3) is 0 Å². The molecule has 17 heavy (non-hydrogen) atoms. The van der Waals surface area contributed by atoms with Crippen LogP contribution in [0.5, 0.6) is 11.5 Å². The monoisotopic (exact) mass is 252 g/mol. The highest BCUT2D eigenvalue weighted by Crippen LogP contribution is 2.28. The molecule has 2 aromatic rings. The van der Waals surface area contributed by atoms with Gasteiger partial charge in [-0.15, -0.1) is 0 Å². The van der Waals surface area contributed by atoms with E-state index in [1.54, 1.807) is 36.1 Å². The molecular formula is C12H13ClN2O2. The largest absolute Gasteiger partial charge is 0.452 e. The molecule has 0 spiro atoms. The molecule has 1 aromatic heterocycles. The normalized spacial score (nSPS) is 12.4. The molecule has 1 atom stereocenters. The zero-order valence-corrected chi connectivity index (χ0v) is 10.1. The van der Waals surface area contributed by atoms with Crippen LogP contribution in [0.1, 0.15) is 6.92 Å². The molecule has 90 valence electrons. The van der Waals surface area contributed by atoms with Crippen molar-refractivity contribution in [2.45, 2.75) is 19.6 Å². The fourth-order valence-electron chi connectivity index (χ4n) is 1.42. The third-order valence-corrected chi connectivity index (χ3v) is 2.44. The van der Waals surface area contributed by atoms with E-state index in [1.807, 2.05) is 12.1 Å². The minimum atomic E-state index is -0.442. The second-order valence-electron chi connectivity index (χ2n) is 3.78. The van der Waals surface area contributed by atoms with Gasteiger partial charge in [0.2, 0.25) is 0 Å². The van der Waals surface area contributed by atoms with Gasteiger partial charge in [-0.3, -0.25) is 4.68 Å². The van der Waals surface area contributed by atoms with Crippen molar-refractivity contribution in [1.29, 1.82) is 0 Å². The lowest BCUT2D eigenvalue weighted by Gasteiger charge is -2.04. The number of ether oxygens (including phenoxy) is 1. The Morgan fingerprint density at radius 1 is 1.47 bits per heavy atom. The number of nitrogens with zero attached hydrogens (tertiary/aromatic N) is 2. The van der Waals surface area contributed by atoms with Crippen molar-refractivity contribution < 1.29 is 9.84 Å². The van der Waals surface area contributed by atoms with Gasteiger partial charge in [0.05, 0.1) is 30.1 Å². The van der Waals surface area contributed by atoms with Crippen LogP contribution in [-0.2, 0) is 6.54 Å². The van der Waals surface area contributed by atoms with E-state index >= 15 is 0 Å². The van der Waals surface area contributed by atoms with E-state index < -0.39 is 6.10 Å². The second-order valence-corrected chi connectivity index (χ2v) is 4.19. The molecule has 1 heterocycles. The first-order valence-electron chi connectivity index (χ1n) is 5.28. The zero-order chi connectivity index (χ0) is 12.3. The molecule has 1 unspecified atom stereocenters. The molecule has 4 nitrogen and oxygen atoms in total. The smallest absolute Gasteiger partial charge is 0.165 e. The van der Waals surface area contributed by atoms with Crippen LogP contribution in [-0.4, -0.2) is 21.0 Å². The summed E-state index contributed by atoms with van der Waals surface area (Å²) in [6.07, 6.45) is 2.87. The molecule has 0 radical (unpaired) electrons. The molecule has 2 rings (SSSR count). The van der Waals surface area contributed by atoms with Crippen molar-refractivity contribution in [1.82, 2.24) is 9.78 Å². The van der Waals surface area contributed by atoms with Crippen LogP contribution < -0.4 is 4.74 Å². The first-order valence-corrected chi connectivity index (χ1v) is 5.66. The van der Waals surface area contributed by atoms with Gasteiger partial charge < -0.3 is 9.84 Å². The van der Waals surface area contributed by atoms with Gasteiger partial charge in [-0.2, -0.15) is 5.10 Å². The number of aliphatic hydroxyl groups excluding tert-OH is 1. The van der Waals surface area contributed by atoms with Crippen LogP contribution in [0.3, 0.4) is 0 Å². The molecule has 1 N–H and O–H groups in total. The van der Waals surface area contributed by atoms with E-state index in [-0.39, 0.29) is 0 Å². The summed E-state index contributed by atoms with van der Waals surface area (Å²) in [6.45, 7) is 2.14. The second kappa shape index (κ2) is 5.21. The quantitative estimate of drug-likeness (QED) is 0.910. The number of aliphatic hydroxyl groups is 1. The molecule has 0 saturated carbocycles. The molecule has 0 fully saturated rings. The van der Waals surface area contributed by atoms with E-state index in [0.717, 1.165) is 0 Å². The summed E-state index contributed by atoms with van der Waals surface area (Å²) < 4.78 is 7.20. The number of halogens is 1. The van der Waals surface area contributed by atoms with Crippen LogP contribution in [0.15, 0.2) is 36.7 Å². The number of aromatic nitrogens is 2. The van der Waals surface area contributed by atoms with Crippen molar-refractivity contribution in [2.75, 3.05) is 0 Å². The minimum absolute atomic E-state index is 0.436. The Balaban J connectivity index is 2.09. The number of hydrogen-bond acceptors (Lipinski definition) is 3. The highest BCUT2D eigenvalue weighted by Gasteiger charge is 2.05. The Labute approximate surface area is 104 Å². The highest BCUT2D eigenvalue weighted by atomic mass is 35.5. The SMILES string of the molecule is CC(O)Cn1cc(Oc2ccccc2Cl)cn1. The lowest BCUT2D eigenvalue weighted by molar-refractivity contribution is 0.168. The molecular weight excluding hydrogens is 240 g/mol. The number of benzene rings is 1. The van der Waals surface area contributed by atoms with Crippen molar-refractivity contribution in [2.24, 2.45) is 0 Å². The molecule has 0 aliphatic carbocycles. The Bertz CT molecular complexity index is 497. The number of para-hydroxylation sites is 1. The van der Waals surface area contributed by atoms with Crippen molar-refractivity contribution in [3.05, 3.63) is 41.7 Å². The Morgan fingerprint density at radius 2 is 2.24 bits per heavy atom. The van der Waals surface area contributed by atoms with Crippen LogP contribution in [0, 0.1) is 0 Å². The molecule has 0 saturated heterocycles. The fraction of sp³-hybridized carbons (Fsp3) is 0.250. The molecule has 0 aliphatic heterocycles. The lowest BCUT2D eigenvalue weighted by atomic mass is 10.3. The average Bonchev–Trinajstić information content (AvgIpc) is 2.68. The maximum Gasteiger partial charge on any atom is 0.165 e. The fourth-order valence-corrected chi connectivity index (χ4v) is 1.60. The van der Waals surface area contributed by atoms with Crippen molar-refractivity contribution in [3.63, 3.8) is 0 Å². The summed E-state index contributed by atoms with van der Waals surface area (Å²) in [5.41, 5.74) is 0.